The molecule has 1 aromatic heterocycles. The number of aromatic nitrogens is 1. The second-order valence-corrected chi connectivity index (χ2v) is 9.79. The molecule has 0 radical (unpaired) electrons. The van der Waals surface area contributed by atoms with Crippen LogP contribution in [0.2, 0.25) is 0 Å². The van der Waals surface area contributed by atoms with E-state index in [-0.39, 0.29) is 17.9 Å². The smallest absolute Gasteiger partial charge is 0.250 e. The van der Waals surface area contributed by atoms with Crippen molar-refractivity contribution in [1.29, 1.82) is 0 Å². The van der Waals surface area contributed by atoms with E-state index in [1.54, 1.807) is 12.1 Å². The summed E-state index contributed by atoms with van der Waals surface area (Å²) in [6.45, 7) is 3.00. The summed E-state index contributed by atoms with van der Waals surface area (Å²) in [6.07, 6.45) is 5.37. The van der Waals surface area contributed by atoms with Crippen molar-refractivity contribution < 1.29 is 19.1 Å². The monoisotopic (exact) mass is 543 g/mol. The number of nitrogens with two attached hydrogens (primary N) is 1. The second-order valence-electron chi connectivity index (χ2n) is 8.94. The fourth-order valence-corrected chi connectivity index (χ4v) is 5.03. The van der Waals surface area contributed by atoms with Crippen molar-refractivity contribution in [1.82, 2.24) is 15.6 Å². The lowest BCUT2D eigenvalue weighted by Gasteiger charge is -2.35. The highest BCUT2D eigenvalue weighted by Crippen LogP contribution is 2.32. The number of pyridine rings is 1. The van der Waals surface area contributed by atoms with Gasteiger partial charge in [-0.05, 0) is 49.8 Å². The summed E-state index contributed by atoms with van der Waals surface area (Å²) in [5.74, 6) is 0.0938. The van der Waals surface area contributed by atoms with E-state index in [2.05, 4.69) is 42.5 Å². The van der Waals surface area contributed by atoms with Crippen LogP contribution < -0.4 is 26.0 Å². The van der Waals surface area contributed by atoms with Gasteiger partial charge in [-0.2, -0.15) is 0 Å². The zero-order chi connectivity index (χ0) is 24.8. The van der Waals surface area contributed by atoms with E-state index in [0.29, 0.717) is 43.4 Å². The number of rotatable bonds is 9. The molecule has 2 saturated heterocycles. The van der Waals surface area contributed by atoms with Crippen LogP contribution in [0.5, 0.6) is 5.88 Å². The van der Waals surface area contributed by atoms with Crippen LogP contribution in [0, 0.1) is 5.92 Å². The number of hydrogen-bond donors (Lipinski definition) is 3. The van der Waals surface area contributed by atoms with Gasteiger partial charge >= 0.3 is 0 Å². The topological polar surface area (TPSA) is 127 Å². The summed E-state index contributed by atoms with van der Waals surface area (Å²) in [5, 5.41) is 5.72. The van der Waals surface area contributed by atoms with Crippen molar-refractivity contribution in [2.24, 2.45) is 11.7 Å². The quantitative estimate of drug-likeness (QED) is 0.414. The van der Waals surface area contributed by atoms with Gasteiger partial charge in [0.25, 0.3) is 0 Å². The number of anilines is 1. The Bertz CT molecular complexity index is 1070. The third-order valence-corrected chi connectivity index (χ3v) is 7.35. The Morgan fingerprint density at radius 2 is 2.00 bits per heavy atom. The molecule has 9 nitrogen and oxygen atoms in total. The number of ether oxygens (including phenoxy) is 1. The van der Waals surface area contributed by atoms with Crippen LogP contribution in [0.4, 0.5) is 5.69 Å². The van der Waals surface area contributed by atoms with Crippen molar-refractivity contribution >= 4 is 39.3 Å². The minimum absolute atomic E-state index is 0.208. The van der Waals surface area contributed by atoms with E-state index < -0.39 is 5.91 Å². The average molecular weight is 544 g/mol. The standard InChI is InChI=1S/C25H30BrN5O4/c26-19-2-1-3-21(18(19)15-28-20-5-6-22(32)30-25(20)34)31-11-8-16(9-12-31)10-13-35-23-7-4-17(14-29-23)24(27)33/h1-4,7,14,16,20,28H,5-6,8-13,15H2,(H2,27,33)(H,30,32,34). The third kappa shape index (κ3) is 6.58. The molecule has 2 aliphatic heterocycles. The van der Waals surface area contributed by atoms with E-state index in [1.165, 1.54) is 6.20 Å². The zero-order valence-corrected chi connectivity index (χ0v) is 21.1. The molecule has 0 bridgehead atoms. The molecule has 0 saturated carbocycles. The highest BCUT2D eigenvalue weighted by molar-refractivity contribution is 9.10. The Hall–Kier alpha value is -2.98. The maximum atomic E-state index is 12.1. The number of primary amides is 1. The van der Waals surface area contributed by atoms with E-state index >= 15 is 0 Å². The lowest BCUT2D eigenvalue weighted by atomic mass is 9.93. The third-order valence-electron chi connectivity index (χ3n) is 6.61. The molecule has 3 heterocycles. The molecule has 10 heteroatoms. The summed E-state index contributed by atoms with van der Waals surface area (Å²) in [5.41, 5.74) is 7.88. The number of hydrogen-bond acceptors (Lipinski definition) is 7. The number of carbonyl (C=O) groups excluding carboxylic acids is 3. The Labute approximate surface area is 212 Å². The molecule has 4 N–H and O–H groups in total. The highest BCUT2D eigenvalue weighted by atomic mass is 79.9. The van der Waals surface area contributed by atoms with Crippen molar-refractivity contribution in [3.63, 3.8) is 0 Å². The van der Waals surface area contributed by atoms with Crippen LogP contribution in [0.1, 0.15) is 48.0 Å². The first-order valence-electron chi connectivity index (χ1n) is 11.9. The van der Waals surface area contributed by atoms with Crippen molar-refractivity contribution in [2.75, 3.05) is 24.6 Å². The van der Waals surface area contributed by atoms with Gasteiger partial charge in [-0.15, -0.1) is 0 Å². The van der Waals surface area contributed by atoms with Crippen LogP contribution in [-0.2, 0) is 16.1 Å². The van der Waals surface area contributed by atoms with E-state index in [4.69, 9.17) is 10.5 Å². The molecule has 1 atom stereocenters. The maximum Gasteiger partial charge on any atom is 0.250 e. The predicted octanol–water partition coefficient (Wildman–Crippen LogP) is 2.52. The normalized spacial score (nSPS) is 18.9. The van der Waals surface area contributed by atoms with Gasteiger partial charge in [0, 0.05) is 54.0 Å². The van der Waals surface area contributed by atoms with Crippen LogP contribution in [0.25, 0.3) is 0 Å². The first-order valence-corrected chi connectivity index (χ1v) is 12.7. The number of nitrogens with zero attached hydrogens (tertiary/aromatic N) is 2. The fourth-order valence-electron chi connectivity index (χ4n) is 4.54. The molecule has 0 spiro atoms. The number of amides is 3. The maximum absolute atomic E-state index is 12.1. The number of benzene rings is 1. The molecule has 3 amide bonds. The Morgan fingerprint density at radius 1 is 1.20 bits per heavy atom. The number of imide groups is 1. The number of halogens is 1. The van der Waals surface area contributed by atoms with Crippen molar-refractivity contribution in [3.05, 3.63) is 52.1 Å². The van der Waals surface area contributed by atoms with Gasteiger partial charge < -0.3 is 20.7 Å². The Morgan fingerprint density at radius 3 is 2.69 bits per heavy atom. The van der Waals surface area contributed by atoms with Crippen LogP contribution in [0.15, 0.2) is 41.0 Å². The van der Waals surface area contributed by atoms with E-state index in [1.807, 2.05) is 12.1 Å². The summed E-state index contributed by atoms with van der Waals surface area (Å²) < 4.78 is 6.75. The lowest BCUT2D eigenvalue weighted by molar-refractivity contribution is -0.134. The first-order chi connectivity index (χ1) is 16.9. The lowest BCUT2D eigenvalue weighted by Crippen LogP contribution is -2.50. The van der Waals surface area contributed by atoms with Gasteiger partial charge in [-0.3, -0.25) is 19.7 Å². The zero-order valence-electron chi connectivity index (χ0n) is 19.5. The number of nitrogens with one attached hydrogen (secondary N) is 2. The minimum atomic E-state index is -0.504. The van der Waals surface area contributed by atoms with Gasteiger partial charge in [0.15, 0.2) is 0 Å². The highest BCUT2D eigenvalue weighted by Gasteiger charge is 2.27. The number of piperidine rings is 2. The van der Waals surface area contributed by atoms with Crippen molar-refractivity contribution in [2.45, 2.75) is 44.7 Å². The molecular weight excluding hydrogens is 514 g/mol. The van der Waals surface area contributed by atoms with Gasteiger partial charge in [0.05, 0.1) is 18.2 Å². The van der Waals surface area contributed by atoms with E-state index in [0.717, 1.165) is 48.1 Å². The van der Waals surface area contributed by atoms with Crippen LogP contribution in [-0.4, -0.2) is 48.4 Å². The fraction of sp³-hybridized carbons (Fsp3) is 0.440. The molecule has 1 aromatic carbocycles. The van der Waals surface area contributed by atoms with Gasteiger partial charge in [0.2, 0.25) is 23.6 Å². The Kier molecular flexibility index (Phi) is 8.35. The predicted molar refractivity (Wildman–Crippen MR) is 135 cm³/mol. The first kappa shape index (κ1) is 25.1. The van der Waals surface area contributed by atoms with Crippen LogP contribution >= 0.6 is 15.9 Å². The average Bonchev–Trinajstić information content (AvgIpc) is 2.85. The Balaban J connectivity index is 1.27. The molecule has 4 rings (SSSR count). The molecule has 1 unspecified atom stereocenters. The van der Waals surface area contributed by atoms with E-state index in [9.17, 15) is 14.4 Å². The summed E-state index contributed by atoms with van der Waals surface area (Å²) in [6, 6.07) is 9.09. The SMILES string of the molecule is NC(=O)c1ccc(OCCC2CCN(c3cccc(Br)c3CNC3CCC(=O)NC3=O)CC2)nc1. The second kappa shape index (κ2) is 11.6. The molecule has 186 valence electrons. The summed E-state index contributed by atoms with van der Waals surface area (Å²) in [7, 11) is 0. The molecule has 35 heavy (non-hydrogen) atoms. The largest absolute Gasteiger partial charge is 0.478 e. The molecule has 2 aliphatic rings. The molecule has 0 aliphatic carbocycles. The molecule has 2 fully saturated rings. The van der Waals surface area contributed by atoms with Gasteiger partial charge in [-0.1, -0.05) is 22.0 Å². The van der Waals surface area contributed by atoms with Crippen molar-refractivity contribution in [3.8, 4) is 5.88 Å². The molecular formula is C25H30BrN5O4. The van der Waals surface area contributed by atoms with Gasteiger partial charge in [0.1, 0.15) is 0 Å². The number of carbonyl (C=O) groups is 3. The van der Waals surface area contributed by atoms with Crippen LogP contribution in [0.3, 0.4) is 0 Å². The van der Waals surface area contributed by atoms with Gasteiger partial charge in [-0.25, -0.2) is 4.98 Å². The molecule has 2 aromatic rings. The summed E-state index contributed by atoms with van der Waals surface area (Å²) in [4.78, 5) is 41.2. The minimum Gasteiger partial charge on any atom is -0.478 e. The summed E-state index contributed by atoms with van der Waals surface area (Å²) >= 11 is 3.67.